The molecule has 0 aliphatic carbocycles. The maximum atomic E-state index is 10.8. The lowest BCUT2D eigenvalue weighted by Crippen LogP contribution is -2.23. The van der Waals surface area contributed by atoms with Gasteiger partial charge in [-0.2, -0.15) is 0 Å². The molecule has 0 saturated carbocycles. The minimum absolute atomic E-state index is 0.192. The van der Waals surface area contributed by atoms with Crippen LogP contribution in [0.15, 0.2) is 12.1 Å². The van der Waals surface area contributed by atoms with Crippen LogP contribution in [0, 0.1) is 20.8 Å². The molecule has 0 radical (unpaired) electrons. The topological polar surface area (TPSA) is 29.1 Å². The van der Waals surface area contributed by atoms with Gasteiger partial charge in [-0.15, -0.1) is 0 Å². The summed E-state index contributed by atoms with van der Waals surface area (Å²) in [5.41, 5.74) is 5.42. The molecule has 0 aliphatic heterocycles. The van der Waals surface area contributed by atoms with E-state index in [2.05, 4.69) is 38.2 Å². The summed E-state index contributed by atoms with van der Waals surface area (Å²) in [6, 6.07) is 4.43. The Kier molecular flexibility index (Phi) is 4.69. The predicted octanol–water partition coefficient (Wildman–Crippen LogP) is 2.33. The van der Waals surface area contributed by atoms with Crippen molar-refractivity contribution >= 4 is 5.78 Å². The monoisotopic (exact) mass is 219 g/mol. The van der Waals surface area contributed by atoms with E-state index in [0.29, 0.717) is 6.54 Å². The average molecular weight is 219 g/mol. The first kappa shape index (κ1) is 12.9. The third-order valence-corrected chi connectivity index (χ3v) is 2.77. The van der Waals surface area contributed by atoms with E-state index >= 15 is 0 Å². The Morgan fingerprint density at radius 3 is 2.25 bits per heavy atom. The highest BCUT2D eigenvalue weighted by Gasteiger charge is 2.03. The lowest BCUT2D eigenvalue weighted by molar-refractivity contribution is -0.116. The van der Waals surface area contributed by atoms with Crippen LogP contribution in [-0.4, -0.2) is 18.9 Å². The van der Waals surface area contributed by atoms with Crippen molar-refractivity contribution in [1.82, 2.24) is 5.32 Å². The van der Waals surface area contributed by atoms with Crippen LogP contribution in [0.1, 0.15) is 29.2 Å². The second-order valence-corrected chi connectivity index (χ2v) is 4.51. The summed E-state index contributed by atoms with van der Waals surface area (Å²) >= 11 is 0. The Labute approximate surface area is 98.1 Å². The van der Waals surface area contributed by atoms with Crippen LogP contribution >= 0.6 is 0 Å². The second kappa shape index (κ2) is 5.80. The van der Waals surface area contributed by atoms with E-state index in [1.165, 1.54) is 22.3 Å². The van der Waals surface area contributed by atoms with Crippen molar-refractivity contribution in [3.05, 3.63) is 34.4 Å². The number of hydrogen-bond acceptors (Lipinski definition) is 2. The van der Waals surface area contributed by atoms with Crippen molar-refractivity contribution in [2.45, 2.75) is 34.1 Å². The third-order valence-electron chi connectivity index (χ3n) is 2.77. The van der Waals surface area contributed by atoms with Gasteiger partial charge in [0, 0.05) is 0 Å². The molecule has 0 saturated heterocycles. The van der Waals surface area contributed by atoms with Crippen molar-refractivity contribution < 1.29 is 4.79 Å². The number of nitrogens with one attached hydrogen (secondary N) is 1. The van der Waals surface area contributed by atoms with E-state index in [1.807, 2.05) is 0 Å². The minimum Gasteiger partial charge on any atom is -0.310 e. The fraction of sp³-hybridized carbons (Fsp3) is 0.500. The van der Waals surface area contributed by atoms with E-state index in [9.17, 15) is 4.79 Å². The first-order chi connectivity index (χ1) is 7.50. The molecule has 0 amide bonds. The first-order valence-corrected chi connectivity index (χ1v) is 5.77. The Hall–Kier alpha value is -1.15. The van der Waals surface area contributed by atoms with Gasteiger partial charge in [-0.3, -0.25) is 4.79 Å². The van der Waals surface area contributed by atoms with Crippen molar-refractivity contribution in [3.63, 3.8) is 0 Å². The molecule has 2 heteroatoms. The van der Waals surface area contributed by atoms with Crippen LogP contribution in [0.3, 0.4) is 0 Å². The van der Waals surface area contributed by atoms with Gasteiger partial charge in [0.15, 0.2) is 0 Å². The largest absolute Gasteiger partial charge is 0.310 e. The lowest BCUT2D eigenvalue weighted by Gasteiger charge is -2.11. The maximum Gasteiger partial charge on any atom is 0.143 e. The van der Waals surface area contributed by atoms with Gasteiger partial charge < -0.3 is 5.32 Å². The molecule has 0 bridgehead atoms. The van der Waals surface area contributed by atoms with Crippen molar-refractivity contribution in [2.75, 3.05) is 13.1 Å². The number of carbonyl (C=O) groups excluding carboxylic acids is 1. The van der Waals surface area contributed by atoms with Crippen LogP contribution < -0.4 is 5.32 Å². The highest BCUT2D eigenvalue weighted by molar-refractivity contribution is 5.77. The van der Waals surface area contributed by atoms with Gasteiger partial charge >= 0.3 is 0 Å². The molecule has 0 aromatic heterocycles. The number of benzene rings is 1. The first-order valence-electron chi connectivity index (χ1n) is 5.77. The van der Waals surface area contributed by atoms with E-state index in [0.717, 1.165) is 13.0 Å². The standard InChI is InChI=1S/C14H21NO/c1-10-7-11(2)14(12(3)8-10)5-6-15-9-13(4)16/h7-8,15H,5-6,9H2,1-4H3. The highest BCUT2D eigenvalue weighted by atomic mass is 16.1. The van der Waals surface area contributed by atoms with Gasteiger partial charge in [-0.25, -0.2) is 0 Å². The van der Waals surface area contributed by atoms with E-state index in [4.69, 9.17) is 0 Å². The maximum absolute atomic E-state index is 10.8. The second-order valence-electron chi connectivity index (χ2n) is 4.51. The average Bonchev–Trinajstić information content (AvgIpc) is 2.14. The Morgan fingerprint density at radius 2 is 1.75 bits per heavy atom. The van der Waals surface area contributed by atoms with Gasteiger partial charge in [-0.1, -0.05) is 17.7 Å². The SMILES string of the molecule is CC(=O)CNCCc1c(C)cc(C)cc1C. The van der Waals surface area contributed by atoms with E-state index in [1.54, 1.807) is 6.92 Å². The molecule has 88 valence electrons. The summed E-state index contributed by atoms with van der Waals surface area (Å²) in [5.74, 6) is 0.192. The van der Waals surface area contributed by atoms with Crippen LogP contribution in [0.25, 0.3) is 0 Å². The van der Waals surface area contributed by atoms with Crippen LogP contribution in [0.5, 0.6) is 0 Å². The van der Waals surface area contributed by atoms with Gasteiger partial charge in [0.2, 0.25) is 0 Å². The molecule has 0 atom stereocenters. The van der Waals surface area contributed by atoms with E-state index in [-0.39, 0.29) is 5.78 Å². The van der Waals surface area contributed by atoms with Gasteiger partial charge in [0.1, 0.15) is 5.78 Å². The Balaban J connectivity index is 2.57. The highest BCUT2D eigenvalue weighted by Crippen LogP contribution is 2.16. The molecule has 0 fully saturated rings. The number of ketones is 1. The number of aryl methyl sites for hydroxylation is 3. The van der Waals surface area contributed by atoms with Crippen molar-refractivity contribution in [2.24, 2.45) is 0 Å². The quantitative estimate of drug-likeness (QED) is 0.770. The normalized spacial score (nSPS) is 10.5. The number of Topliss-reactive ketones (excluding diaryl/α,β-unsaturated/α-hetero) is 1. The van der Waals surface area contributed by atoms with Crippen LogP contribution in [-0.2, 0) is 11.2 Å². The molecule has 1 aromatic rings. The molecular weight excluding hydrogens is 198 g/mol. The third kappa shape index (κ3) is 3.78. The summed E-state index contributed by atoms with van der Waals surface area (Å²) in [6.45, 7) is 9.38. The summed E-state index contributed by atoms with van der Waals surface area (Å²) in [5, 5.41) is 3.15. The molecule has 0 heterocycles. The van der Waals surface area contributed by atoms with E-state index < -0.39 is 0 Å². The molecule has 1 rings (SSSR count). The lowest BCUT2D eigenvalue weighted by atomic mass is 9.97. The molecule has 16 heavy (non-hydrogen) atoms. The predicted molar refractivity (Wildman–Crippen MR) is 67.9 cm³/mol. The molecule has 0 unspecified atom stereocenters. The summed E-state index contributed by atoms with van der Waals surface area (Å²) in [7, 11) is 0. The molecular formula is C14H21NO. The van der Waals surface area contributed by atoms with Crippen LogP contribution in [0.4, 0.5) is 0 Å². The minimum atomic E-state index is 0.192. The van der Waals surface area contributed by atoms with Gasteiger partial charge in [0.05, 0.1) is 6.54 Å². The summed E-state index contributed by atoms with van der Waals surface area (Å²) in [6.07, 6.45) is 0.991. The Bertz CT molecular complexity index is 359. The molecule has 0 aliphatic rings. The van der Waals surface area contributed by atoms with Crippen LogP contribution in [0.2, 0.25) is 0 Å². The Morgan fingerprint density at radius 1 is 1.19 bits per heavy atom. The number of hydrogen-bond donors (Lipinski definition) is 1. The zero-order valence-corrected chi connectivity index (χ0v) is 10.7. The number of carbonyl (C=O) groups is 1. The fourth-order valence-electron chi connectivity index (χ4n) is 2.08. The zero-order chi connectivity index (χ0) is 12.1. The van der Waals surface area contributed by atoms with Gasteiger partial charge in [0.25, 0.3) is 0 Å². The fourth-order valence-corrected chi connectivity index (χ4v) is 2.08. The molecule has 1 aromatic carbocycles. The van der Waals surface area contributed by atoms with Crippen molar-refractivity contribution in [1.29, 1.82) is 0 Å². The van der Waals surface area contributed by atoms with Gasteiger partial charge in [-0.05, 0) is 57.4 Å². The number of rotatable bonds is 5. The smallest absolute Gasteiger partial charge is 0.143 e. The molecule has 2 nitrogen and oxygen atoms in total. The summed E-state index contributed by atoms with van der Waals surface area (Å²) in [4.78, 5) is 10.8. The van der Waals surface area contributed by atoms with Crippen molar-refractivity contribution in [3.8, 4) is 0 Å². The molecule has 0 spiro atoms. The molecule has 1 N–H and O–H groups in total. The summed E-state index contributed by atoms with van der Waals surface area (Å²) < 4.78 is 0. The zero-order valence-electron chi connectivity index (χ0n) is 10.7.